The summed E-state index contributed by atoms with van der Waals surface area (Å²) in [5.41, 5.74) is 8.81. The molecule has 26 heavy (non-hydrogen) atoms. The number of nitrogens with two attached hydrogens (primary N) is 1. The fraction of sp³-hybridized carbons (Fsp3) is 0.381. The molecule has 0 aliphatic carbocycles. The maximum atomic E-state index is 11.9. The summed E-state index contributed by atoms with van der Waals surface area (Å²) in [6.07, 6.45) is 4.74. The van der Waals surface area contributed by atoms with Gasteiger partial charge in [0.25, 0.3) is 0 Å². The Morgan fingerprint density at radius 2 is 1.73 bits per heavy atom. The van der Waals surface area contributed by atoms with Crippen molar-refractivity contribution < 1.29 is 9.53 Å². The van der Waals surface area contributed by atoms with Gasteiger partial charge < -0.3 is 15.8 Å². The summed E-state index contributed by atoms with van der Waals surface area (Å²) in [5.74, 6) is 0.963. The molecule has 2 rings (SSSR count). The summed E-state index contributed by atoms with van der Waals surface area (Å²) >= 11 is 0. The lowest BCUT2D eigenvalue weighted by molar-refractivity contribution is -0.121. The van der Waals surface area contributed by atoms with Crippen LogP contribution < -0.4 is 15.8 Å². The number of carbonyl (C=O) groups is 1. The number of benzene rings is 2. The van der Waals surface area contributed by atoms with Crippen molar-refractivity contribution in [1.82, 2.24) is 5.32 Å². The first-order valence-electron chi connectivity index (χ1n) is 8.93. The number of unbranched alkanes of at least 4 members (excludes halogenated alkanes) is 3. The van der Waals surface area contributed by atoms with Crippen molar-refractivity contribution in [3.05, 3.63) is 54.1 Å². The number of hydrogen-bond acceptors (Lipinski definition) is 3. The van der Waals surface area contributed by atoms with Crippen molar-refractivity contribution in [3.63, 3.8) is 0 Å². The Morgan fingerprint density at radius 3 is 2.42 bits per heavy atom. The standard InChI is InChI=1S/C21H28N2O2.ClH/c1-25-20-8-6-7-19(15-20)18-12-10-17(11-13-18)16-23-21(24)9-4-2-3-5-14-22;/h6-8,10-13,15H,2-5,9,14,16,22H2,1H3,(H,23,24);1H. The molecule has 0 aliphatic heterocycles. The average Bonchev–Trinajstić information content (AvgIpc) is 2.66. The van der Waals surface area contributed by atoms with Gasteiger partial charge in [-0.15, -0.1) is 12.4 Å². The molecule has 0 atom stereocenters. The van der Waals surface area contributed by atoms with Crippen LogP contribution in [0.2, 0.25) is 0 Å². The van der Waals surface area contributed by atoms with Gasteiger partial charge in [-0.25, -0.2) is 0 Å². The first-order valence-corrected chi connectivity index (χ1v) is 8.93. The monoisotopic (exact) mass is 376 g/mol. The van der Waals surface area contributed by atoms with Gasteiger partial charge in [-0.3, -0.25) is 4.79 Å². The number of nitrogens with one attached hydrogen (secondary N) is 1. The van der Waals surface area contributed by atoms with Crippen molar-refractivity contribution >= 4 is 18.3 Å². The van der Waals surface area contributed by atoms with Crippen molar-refractivity contribution in [1.29, 1.82) is 0 Å². The van der Waals surface area contributed by atoms with Crippen molar-refractivity contribution in [2.75, 3.05) is 13.7 Å². The van der Waals surface area contributed by atoms with Gasteiger partial charge in [-0.05, 0) is 48.2 Å². The highest BCUT2D eigenvalue weighted by Gasteiger charge is 2.03. The number of hydrogen-bond donors (Lipinski definition) is 2. The van der Waals surface area contributed by atoms with E-state index < -0.39 is 0 Å². The van der Waals surface area contributed by atoms with Crippen molar-refractivity contribution in [3.8, 4) is 16.9 Å². The highest BCUT2D eigenvalue weighted by atomic mass is 35.5. The van der Waals surface area contributed by atoms with Crippen LogP contribution >= 0.6 is 12.4 Å². The van der Waals surface area contributed by atoms with Gasteiger partial charge in [-0.1, -0.05) is 49.2 Å². The van der Waals surface area contributed by atoms with E-state index in [0.29, 0.717) is 13.0 Å². The van der Waals surface area contributed by atoms with E-state index >= 15 is 0 Å². The minimum atomic E-state index is 0. The van der Waals surface area contributed by atoms with Gasteiger partial charge in [0.1, 0.15) is 5.75 Å². The normalized spacial score (nSPS) is 10.1. The molecule has 2 aromatic rings. The molecular weight excluding hydrogens is 348 g/mol. The van der Waals surface area contributed by atoms with Crippen LogP contribution in [0, 0.1) is 0 Å². The van der Waals surface area contributed by atoms with Gasteiger partial charge in [0.15, 0.2) is 0 Å². The van der Waals surface area contributed by atoms with E-state index in [1.54, 1.807) is 7.11 Å². The molecule has 4 nitrogen and oxygen atoms in total. The highest BCUT2D eigenvalue weighted by molar-refractivity contribution is 5.85. The lowest BCUT2D eigenvalue weighted by Gasteiger charge is -2.08. The van der Waals surface area contributed by atoms with E-state index in [2.05, 4.69) is 35.6 Å². The molecule has 0 heterocycles. The van der Waals surface area contributed by atoms with Crippen LogP contribution in [0.5, 0.6) is 5.75 Å². The number of methoxy groups -OCH3 is 1. The second-order valence-corrected chi connectivity index (χ2v) is 6.16. The number of ether oxygens (including phenoxy) is 1. The average molecular weight is 377 g/mol. The topological polar surface area (TPSA) is 64.3 Å². The van der Waals surface area contributed by atoms with Gasteiger partial charge in [-0.2, -0.15) is 0 Å². The van der Waals surface area contributed by atoms with Gasteiger partial charge >= 0.3 is 0 Å². The molecule has 0 fully saturated rings. The predicted molar refractivity (Wildman–Crippen MR) is 110 cm³/mol. The smallest absolute Gasteiger partial charge is 0.220 e. The van der Waals surface area contributed by atoms with Crippen LogP contribution in [-0.2, 0) is 11.3 Å². The Hall–Kier alpha value is -2.04. The molecule has 2 aromatic carbocycles. The Bertz CT molecular complexity index is 659. The largest absolute Gasteiger partial charge is 0.497 e. The fourth-order valence-corrected chi connectivity index (χ4v) is 2.69. The minimum Gasteiger partial charge on any atom is -0.497 e. The molecule has 0 saturated carbocycles. The third kappa shape index (κ3) is 7.46. The third-order valence-electron chi connectivity index (χ3n) is 4.20. The lowest BCUT2D eigenvalue weighted by Crippen LogP contribution is -2.22. The molecule has 0 spiro atoms. The maximum Gasteiger partial charge on any atom is 0.220 e. The van der Waals surface area contributed by atoms with Crippen LogP contribution in [0.25, 0.3) is 11.1 Å². The molecule has 0 aliphatic rings. The first-order chi connectivity index (χ1) is 12.2. The molecule has 142 valence electrons. The Balaban J connectivity index is 0.00000338. The first kappa shape index (κ1) is 22.0. The number of amides is 1. The third-order valence-corrected chi connectivity index (χ3v) is 4.20. The zero-order valence-corrected chi connectivity index (χ0v) is 16.2. The zero-order valence-electron chi connectivity index (χ0n) is 15.4. The summed E-state index contributed by atoms with van der Waals surface area (Å²) in [4.78, 5) is 11.9. The summed E-state index contributed by atoms with van der Waals surface area (Å²) in [5, 5.41) is 2.98. The molecule has 0 saturated heterocycles. The fourth-order valence-electron chi connectivity index (χ4n) is 2.69. The Labute approximate surface area is 162 Å². The number of halogens is 1. The molecule has 0 aromatic heterocycles. The molecule has 0 unspecified atom stereocenters. The molecule has 3 N–H and O–H groups in total. The van der Waals surface area contributed by atoms with E-state index in [0.717, 1.165) is 54.7 Å². The number of rotatable bonds is 10. The van der Waals surface area contributed by atoms with Crippen LogP contribution in [0.4, 0.5) is 0 Å². The quantitative estimate of drug-likeness (QED) is 0.607. The highest BCUT2D eigenvalue weighted by Crippen LogP contribution is 2.24. The predicted octanol–water partition coefficient (Wildman–Crippen LogP) is 4.31. The second-order valence-electron chi connectivity index (χ2n) is 6.16. The summed E-state index contributed by atoms with van der Waals surface area (Å²) in [6.45, 7) is 1.30. The zero-order chi connectivity index (χ0) is 17.9. The summed E-state index contributed by atoms with van der Waals surface area (Å²) in [6, 6.07) is 16.2. The van der Waals surface area contributed by atoms with E-state index in [1.165, 1.54) is 0 Å². The minimum absolute atomic E-state index is 0. The van der Waals surface area contributed by atoms with Crippen LogP contribution in [0.3, 0.4) is 0 Å². The Morgan fingerprint density at radius 1 is 1.00 bits per heavy atom. The van der Waals surface area contributed by atoms with Gasteiger partial charge in [0.05, 0.1) is 7.11 Å². The van der Waals surface area contributed by atoms with Gasteiger partial charge in [0.2, 0.25) is 5.91 Å². The van der Waals surface area contributed by atoms with Crippen LogP contribution in [0.15, 0.2) is 48.5 Å². The van der Waals surface area contributed by atoms with Crippen molar-refractivity contribution in [2.45, 2.75) is 38.6 Å². The molecule has 1 amide bonds. The maximum absolute atomic E-state index is 11.9. The second kappa shape index (κ2) is 12.3. The van der Waals surface area contributed by atoms with E-state index in [9.17, 15) is 4.79 Å². The van der Waals surface area contributed by atoms with E-state index in [4.69, 9.17) is 10.5 Å². The molecule has 5 heteroatoms. The Kier molecular flexibility index (Phi) is 10.4. The molecule has 0 bridgehead atoms. The molecular formula is C21H29ClN2O2. The van der Waals surface area contributed by atoms with Crippen LogP contribution in [0.1, 0.15) is 37.7 Å². The van der Waals surface area contributed by atoms with Crippen LogP contribution in [-0.4, -0.2) is 19.6 Å². The summed E-state index contributed by atoms with van der Waals surface area (Å²) in [7, 11) is 1.67. The van der Waals surface area contributed by atoms with Crippen molar-refractivity contribution in [2.24, 2.45) is 5.73 Å². The molecule has 0 radical (unpaired) electrons. The van der Waals surface area contributed by atoms with E-state index in [1.807, 2.05) is 18.2 Å². The van der Waals surface area contributed by atoms with E-state index in [-0.39, 0.29) is 18.3 Å². The van der Waals surface area contributed by atoms with Gasteiger partial charge in [0, 0.05) is 13.0 Å². The summed E-state index contributed by atoms with van der Waals surface area (Å²) < 4.78 is 5.27. The number of carbonyl (C=O) groups excluding carboxylic acids is 1. The SMILES string of the molecule is COc1cccc(-c2ccc(CNC(=O)CCCCCCN)cc2)c1.Cl. The lowest BCUT2D eigenvalue weighted by atomic mass is 10.0.